The van der Waals surface area contributed by atoms with Crippen LogP contribution >= 0.6 is 0 Å². The fourth-order valence-electron chi connectivity index (χ4n) is 6.47. The van der Waals surface area contributed by atoms with E-state index in [2.05, 4.69) is 54.8 Å². The highest BCUT2D eigenvalue weighted by Crippen LogP contribution is 2.31. The molecule has 0 spiro atoms. The lowest BCUT2D eigenvalue weighted by Gasteiger charge is -2.08. The maximum absolute atomic E-state index is 9.88. The molecule has 0 unspecified atom stereocenters. The van der Waals surface area contributed by atoms with Crippen molar-refractivity contribution in [2.24, 2.45) is 0 Å². The molecule has 0 aliphatic heterocycles. The molecule has 0 saturated heterocycles. The number of hydrogen-bond acceptors (Lipinski definition) is 1. The molecule has 2 nitrogen and oxygen atoms in total. The molecule has 3 aromatic rings. The van der Waals surface area contributed by atoms with Crippen LogP contribution in [0.1, 0.15) is 153 Å². The number of aromatic nitrogens is 1. The van der Waals surface area contributed by atoms with Crippen LogP contribution in [-0.2, 0) is 19.4 Å². The average molecular weight is 548 g/mol. The molecule has 40 heavy (non-hydrogen) atoms. The zero-order valence-corrected chi connectivity index (χ0v) is 26.3. The van der Waals surface area contributed by atoms with Crippen molar-refractivity contribution in [3.63, 3.8) is 0 Å². The van der Waals surface area contributed by atoms with Gasteiger partial charge in [-0.05, 0) is 48.9 Å². The molecule has 0 radical (unpaired) electrons. The summed E-state index contributed by atoms with van der Waals surface area (Å²) in [6.45, 7) is 5.44. The highest BCUT2D eigenvalue weighted by molar-refractivity contribution is 6.08. The molecule has 2 aromatic carbocycles. The average Bonchev–Trinajstić information content (AvgIpc) is 3.27. The SMILES string of the molecule is CCCCCCCCCCCCc1ccc2c3ccc(CCCCCCCCCCCC)cc3n(CCO)c2c1. The van der Waals surface area contributed by atoms with Crippen LogP contribution in [0.2, 0.25) is 0 Å². The van der Waals surface area contributed by atoms with Gasteiger partial charge in [0.25, 0.3) is 0 Å². The zero-order chi connectivity index (χ0) is 28.3. The van der Waals surface area contributed by atoms with Crippen molar-refractivity contribution in [1.82, 2.24) is 4.57 Å². The van der Waals surface area contributed by atoms with E-state index in [4.69, 9.17) is 0 Å². The van der Waals surface area contributed by atoms with Gasteiger partial charge < -0.3 is 9.67 Å². The lowest BCUT2D eigenvalue weighted by atomic mass is 10.0. The predicted octanol–water partition coefficient (Wildman–Crippen LogP) is 11.7. The molecule has 0 amide bonds. The first kappa shape index (κ1) is 32.7. The minimum atomic E-state index is 0.185. The van der Waals surface area contributed by atoms with E-state index in [9.17, 15) is 5.11 Å². The van der Waals surface area contributed by atoms with E-state index >= 15 is 0 Å². The van der Waals surface area contributed by atoms with Gasteiger partial charge in [0.1, 0.15) is 0 Å². The first-order valence-electron chi connectivity index (χ1n) is 17.4. The Morgan fingerprint density at radius 3 is 1.18 bits per heavy atom. The number of hydrogen-bond donors (Lipinski definition) is 1. The van der Waals surface area contributed by atoms with Gasteiger partial charge in [-0.2, -0.15) is 0 Å². The topological polar surface area (TPSA) is 25.2 Å². The molecule has 0 atom stereocenters. The molecule has 1 heterocycles. The van der Waals surface area contributed by atoms with E-state index in [1.165, 1.54) is 161 Å². The van der Waals surface area contributed by atoms with Crippen molar-refractivity contribution in [2.45, 2.75) is 162 Å². The van der Waals surface area contributed by atoms with Gasteiger partial charge in [-0.1, -0.05) is 154 Å². The van der Waals surface area contributed by atoms with Gasteiger partial charge in [-0.3, -0.25) is 0 Å². The van der Waals surface area contributed by atoms with Gasteiger partial charge in [0.2, 0.25) is 0 Å². The van der Waals surface area contributed by atoms with Crippen LogP contribution in [0, 0.1) is 0 Å². The number of benzene rings is 2. The van der Waals surface area contributed by atoms with Crippen molar-refractivity contribution in [1.29, 1.82) is 0 Å². The van der Waals surface area contributed by atoms with Gasteiger partial charge in [0, 0.05) is 28.4 Å². The second kappa shape index (κ2) is 20.1. The summed E-state index contributed by atoms with van der Waals surface area (Å²) in [5.74, 6) is 0. The fourth-order valence-corrected chi connectivity index (χ4v) is 6.47. The van der Waals surface area contributed by atoms with E-state index in [0.717, 1.165) is 12.8 Å². The molecule has 1 N–H and O–H groups in total. The summed E-state index contributed by atoms with van der Waals surface area (Å²) in [6.07, 6.45) is 30.0. The first-order chi connectivity index (χ1) is 19.8. The van der Waals surface area contributed by atoms with Crippen LogP contribution in [0.25, 0.3) is 21.8 Å². The predicted molar refractivity (Wildman–Crippen MR) is 178 cm³/mol. The molecule has 0 saturated carbocycles. The summed E-state index contributed by atoms with van der Waals surface area (Å²) in [5, 5.41) is 12.6. The third kappa shape index (κ3) is 11.2. The second-order valence-corrected chi connectivity index (χ2v) is 12.4. The summed E-state index contributed by atoms with van der Waals surface area (Å²) in [4.78, 5) is 0. The van der Waals surface area contributed by atoms with Crippen molar-refractivity contribution in [3.8, 4) is 0 Å². The lowest BCUT2D eigenvalue weighted by molar-refractivity contribution is 0.280. The fraction of sp³-hybridized carbons (Fsp3) is 0.684. The molecular formula is C38H61NO. The Kier molecular flexibility index (Phi) is 16.5. The van der Waals surface area contributed by atoms with E-state index in [-0.39, 0.29) is 6.61 Å². The van der Waals surface area contributed by atoms with Gasteiger partial charge >= 0.3 is 0 Å². The largest absolute Gasteiger partial charge is 0.395 e. The van der Waals surface area contributed by atoms with Crippen LogP contribution in [0.15, 0.2) is 36.4 Å². The van der Waals surface area contributed by atoms with Gasteiger partial charge in [0.05, 0.1) is 6.61 Å². The first-order valence-corrected chi connectivity index (χ1v) is 17.4. The van der Waals surface area contributed by atoms with Gasteiger partial charge in [0.15, 0.2) is 0 Å². The molecule has 3 rings (SSSR count). The number of aliphatic hydroxyl groups is 1. The number of rotatable bonds is 24. The molecule has 224 valence electrons. The van der Waals surface area contributed by atoms with Crippen LogP contribution in [-0.4, -0.2) is 16.3 Å². The summed E-state index contributed by atoms with van der Waals surface area (Å²) in [6, 6.07) is 14.2. The Morgan fingerprint density at radius 1 is 0.475 bits per heavy atom. The third-order valence-electron chi connectivity index (χ3n) is 8.96. The number of nitrogens with zero attached hydrogens (tertiary/aromatic N) is 1. The van der Waals surface area contributed by atoms with Crippen molar-refractivity contribution >= 4 is 21.8 Å². The van der Waals surface area contributed by atoms with Crippen LogP contribution in [0.5, 0.6) is 0 Å². The summed E-state index contributed by atoms with van der Waals surface area (Å²) in [7, 11) is 0. The molecule has 0 aliphatic carbocycles. The van der Waals surface area contributed by atoms with Crippen LogP contribution in [0.3, 0.4) is 0 Å². The van der Waals surface area contributed by atoms with Crippen molar-refractivity contribution in [2.75, 3.05) is 6.61 Å². The third-order valence-corrected chi connectivity index (χ3v) is 8.96. The Balaban J connectivity index is 1.47. The Hall–Kier alpha value is -1.80. The quantitative estimate of drug-likeness (QED) is 0.111. The highest BCUT2D eigenvalue weighted by Gasteiger charge is 2.12. The molecule has 0 aliphatic rings. The summed E-state index contributed by atoms with van der Waals surface area (Å²) >= 11 is 0. The monoisotopic (exact) mass is 547 g/mol. The zero-order valence-electron chi connectivity index (χ0n) is 26.3. The Bertz CT molecular complexity index is 983. The Morgan fingerprint density at radius 2 is 0.825 bits per heavy atom. The van der Waals surface area contributed by atoms with E-state index in [1.807, 2.05) is 0 Å². The number of unbranched alkanes of at least 4 members (excludes halogenated alkanes) is 18. The van der Waals surface area contributed by atoms with Crippen LogP contribution < -0.4 is 0 Å². The van der Waals surface area contributed by atoms with E-state index in [0.29, 0.717) is 6.54 Å². The molecule has 1 aromatic heterocycles. The Labute approximate surface area is 246 Å². The maximum Gasteiger partial charge on any atom is 0.0610 e. The minimum Gasteiger partial charge on any atom is -0.395 e. The van der Waals surface area contributed by atoms with E-state index < -0.39 is 0 Å². The number of aliphatic hydroxyl groups excluding tert-OH is 1. The smallest absolute Gasteiger partial charge is 0.0610 e. The normalized spacial score (nSPS) is 11.8. The van der Waals surface area contributed by atoms with Crippen molar-refractivity contribution < 1.29 is 5.11 Å². The number of fused-ring (bicyclic) bond motifs is 3. The van der Waals surface area contributed by atoms with E-state index in [1.54, 1.807) is 0 Å². The number of aryl methyl sites for hydroxylation is 2. The van der Waals surface area contributed by atoms with Crippen molar-refractivity contribution in [3.05, 3.63) is 47.5 Å². The highest BCUT2D eigenvalue weighted by atomic mass is 16.3. The molecule has 0 fully saturated rings. The molecule has 2 heteroatoms. The summed E-state index contributed by atoms with van der Waals surface area (Å²) < 4.78 is 2.37. The maximum atomic E-state index is 9.88. The second-order valence-electron chi connectivity index (χ2n) is 12.4. The molecular weight excluding hydrogens is 486 g/mol. The van der Waals surface area contributed by atoms with Crippen LogP contribution in [0.4, 0.5) is 0 Å². The summed E-state index contributed by atoms with van der Waals surface area (Å²) in [5.41, 5.74) is 5.48. The molecule has 0 bridgehead atoms. The van der Waals surface area contributed by atoms with Gasteiger partial charge in [-0.25, -0.2) is 0 Å². The standard InChI is InChI=1S/C38H61NO/c1-3-5-7-9-11-13-15-17-19-21-23-33-25-27-35-36-28-26-34(32-38(36)39(29-30-40)37(35)31-33)24-22-20-18-16-14-12-10-8-6-4-2/h25-28,31-32,40H,3-24,29-30H2,1-2H3. The van der Waals surface area contributed by atoms with Gasteiger partial charge in [-0.15, -0.1) is 0 Å². The minimum absolute atomic E-state index is 0.185. The lowest BCUT2D eigenvalue weighted by Crippen LogP contribution is -2.02.